The molecule has 13 heavy (non-hydrogen) atoms. The lowest BCUT2D eigenvalue weighted by molar-refractivity contribution is -0.142. The van der Waals surface area contributed by atoms with E-state index < -0.39 is 24.0 Å². The number of alkyl carbamates (subject to hydrolysis) is 1. The molecular formula is C8H15NO4. The van der Waals surface area contributed by atoms with Gasteiger partial charge >= 0.3 is 12.1 Å². The lowest BCUT2D eigenvalue weighted by Gasteiger charge is -2.18. The number of carboxylic acid groups (broad SMARTS) is 1. The number of carbonyl (C=O) groups is 2. The highest BCUT2D eigenvalue weighted by atomic mass is 16.5. The third-order valence-corrected chi connectivity index (χ3v) is 1.89. The number of ether oxygens (including phenoxy) is 1. The Morgan fingerprint density at radius 3 is 2.38 bits per heavy atom. The summed E-state index contributed by atoms with van der Waals surface area (Å²) in [4.78, 5) is 21.4. The Bertz CT molecular complexity index is 193. The second kappa shape index (κ2) is 5.40. The fourth-order valence-corrected chi connectivity index (χ4v) is 1.09. The Balaban J connectivity index is 4.13. The second-order valence-corrected chi connectivity index (χ2v) is 2.78. The van der Waals surface area contributed by atoms with Gasteiger partial charge in [0, 0.05) is 6.04 Å². The van der Waals surface area contributed by atoms with Crippen LogP contribution in [-0.4, -0.2) is 30.3 Å². The first kappa shape index (κ1) is 11.7. The van der Waals surface area contributed by atoms with Gasteiger partial charge in [-0.1, -0.05) is 6.92 Å². The Morgan fingerprint density at radius 1 is 1.54 bits per heavy atom. The zero-order valence-electron chi connectivity index (χ0n) is 8.03. The van der Waals surface area contributed by atoms with Crippen molar-refractivity contribution < 1.29 is 19.4 Å². The fraction of sp³-hybridized carbons (Fsp3) is 0.750. The van der Waals surface area contributed by atoms with Gasteiger partial charge in [-0.15, -0.1) is 0 Å². The molecule has 2 unspecified atom stereocenters. The summed E-state index contributed by atoms with van der Waals surface area (Å²) >= 11 is 0. The molecule has 5 nitrogen and oxygen atoms in total. The van der Waals surface area contributed by atoms with Crippen molar-refractivity contribution in [3.8, 4) is 0 Å². The van der Waals surface area contributed by atoms with E-state index in [2.05, 4.69) is 10.1 Å². The van der Waals surface area contributed by atoms with Crippen LogP contribution in [0.25, 0.3) is 0 Å². The third kappa shape index (κ3) is 3.78. The van der Waals surface area contributed by atoms with Gasteiger partial charge in [-0.25, -0.2) is 4.79 Å². The van der Waals surface area contributed by atoms with Gasteiger partial charge in [0.1, 0.15) is 0 Å². The largest absolute Gasteiger partial charge is 0.481 e. The van der Waals surface area contributed by atoms with Crippen LogP contribution in [0.15, 0.2) is 0 Å². The van der Waals surface area contributed by atoms with Gasteiger partial charge in [0.25, 0.3) is 0 Å². The molecule has 0 aromatic heterocycles. The van der Waals surface area contributed by atoms with Gasteiger partial charge in [-0.2, -0.15) is 0 Å². The van der Waals surface area contributed by atoms with Crippen molar-refractivity contribution in [3.63, 3.8) is 0 Å². The first-order chi connectivity index (χ1) is 6.02. The number of nitrogens with one attached hydrogen (secondary N) is 1. The number of hydrogen-bond acceptors (Lipinski definition) is 3. The van der Waals surface area contributed by atoms with E-state index in [4.69, 9.17) is 5.11 Å². The number of amides is 1. The van der Waals surface area contributed by atoms with Crippen molar-refractivity contribution in [2.24, 2.45) is 5.92 Å². The van der Waals surface area contributed by atoms with Gasteiger partial charge in [-0.3, -0.25) is 4.79 Å². The molecule has 0 aliphatic carbocycles. The molecule has 0 aromatic carbocycles. The van der Waals surface area contributed by atoms with Crippen LogP contribution >= 0.6 is 0 Å². The number of methoxy groups -OCH3 is 1. The molecule has 0 rings (SSSR count). The second-order valence-electron chi connectivity index (χ2n) is 2.78. The highest BCUT2D eigenvalue weighted by Crippen LogP contribution is 2.08. The van der Waals surface area contributed by atoms with Crippen LogP contribution in [0.1, 0.15) is 20.3 Å². The van der Waals surface area contributed by atoms with Gasteiger partial charge < -0.3 is 15.2 Å². The molecule has 0 radical (unpaired) electrons. The lowest BCUT2D eigenvalue weighted by atomic mass is 9.99. The summed E-state index contributed by atoms with van der Waals surface area (Å²) in [6, 6.07) is -0.421. The van der Waals surface area contributed by atoms with Crippen molar-refractivity contribution in [1.82, 2.24) is 5.32 Å². The van der Waals surface area contributed by atoms with E-state index in [1.165, 1.54) is 7.11 Å². The van der Waals surface area contributed by atoms with E-state index in [-0.39, 0.29) is 0 Å². The minimum absolute atomic E-state index is 0.421. The molecule has 0 aromatic rings. The molecule has 5 heteroatoms. The molecule has 0 aliphatic rings. The average molecular weight is 189 g/mol. The Morgan fingerprint density at radius 2 is 2.08 bits per heavy atom. The van der Waals surface area contributed by atoms with Gasteiger partial charge in [0.15, 0.2) is 0 Å². The van der Waals surface area contributed by atoms with Crippen LogP contribution in [0.2, 0.25) is 0 Å². The van der Waals surface area contributed by atoms with Crippen molar-refractivity contribution >= 4 is 12.1 Å². The van der Waals surface area contributed by atoms with Crippen molar-refractivity contribution in [1.29, 1.82) is 0 Å². The average Bonchev–Trinajstić information content (AvgIpc) is 2.04. The summed E-state index contributed by atoms with van der Waals surface area (Å²) in [5.74, 6) is -1.48. The summed E-state index contributed by atoms with van der Waals surface area (Å²) in [6.45, 7) is 3.40. The number of aliphatic carboxylic acids is 1. The molecule has 0 saturated heterocycles. The monoisotopic (exact) mass is 189 g/mol. The maximum Gasteiger partial charge on any atom is 0.407 e. The van der Waals surface area contributed by atoms with E-state index in [1.807, 2.05) is 0 Å². The lowest BCUT2D eigenvalue weighted by Crippen LogP contribution is -2.40. The van der Waals surface area contributed by atoms with Crippen LogP contribution in [0, 0.1) is 5.92 Å². The van der Waals surface area contributed by atoms with E-state index in [0.717, 1.165) is 0 Å². The predicted molar refractivity (Wildman–Crippen MR) is 46.4 cm³/mol. The predicted octanol–water partition coefficient (Wildman–Crippen LogP) is 0.842. The molecule has 2 atom stereocenters. The van der Waals surface area contributed by atoms with Crippen LogP contribution in [-0.2, 0) is 9.53 Å². The number of rotatable bonds is 4. The summed E-state index contributed by atoms with van der Waals surface area (Å²) in [7, 11) is 1.24. The number of carbonyl (C=O) groups excluding carboxylic acids is 1. The molecular weight excluding hydrogens is 174 g/mol. The molecule has 76 valence electrons. The molecule has 0 saturated carbocycles. The van der Waals surface area contributed by atoms with E-state index in [9.17, 15) is 9.59 Å². The van der Waals surface area contributed by atoms with E-state index in [1.54, 1.807) is 13.8 Å². The highest BCUT2D eigenvalue weighted by Gasteiger charge is 2.23. The zero-order valence-corrected chi connectivity index (χ0v) is 8.03. The topological polar surface area (TPSA) is 75.6 Å². The summed E-state index contributed by atoms with van der Waals surface area (Å²) in [6.07, 6.45) is -0.132. The van der Waals surface area contributed by atoms with Gasteiger partial charge in [0.2, 0.25) is 0 Å². The molecule has 0 bridgehead atoms. The molecule has 0 fully saturated rings. The summed E-state index contributed by atoms with van der Waals surface area (Å²) < 4.78 is 4.35. The quantitative estimate of drug-likeness (QED) is 0.687. The zero-order chi connectivity index (χ0) is 10.4. The van der Waals surface area contributed by atoms with Gasteiger partial charge in [0.05, 0.1) is 13.0 Å². The number of hydrogen-bond donors (Lipinski definition) is 2. The van der Waals surface area contributed by atoms with E-state index >= 15 is 0 Å². The summed E-state index contributed by atoms with van der Waals surface area (Å²) in [5, 5.41) is 11.2. The number of carboxylic acids is 1. The van der Waals surface area contributed by atoms with Crippen LogP contribution in [0.5, 0.6) is 0 Å². The van der Waals surface area contributed by atoms with Gasteiger partial charge in [-0.05, 0) is 13.3 Å². The highest BCUT2D eigenvalue weighted by molar-refractivity contribution is 5.73. The van der Waals surface area contributed by atoms with Crippen molar-refractivity contribution in [2.75, 3.05) is 7.11 Å². The Hall–Kier alpha value is -1.26. The molecule has 0 spiro atoms. The molecule has 0 aliphatic heterocycles. The first-order valence-electron chi connectivity index (χ1n) is 4.10. The molecule has 0 heterocycles. The SMILES string of the molecule is CCC(C(=O)O)C(C)NC(=O)OC. The maximum atomic E-state index is 10.7. The third-order valence-electron chi connectivity index (χ3n) is 1.89. The normalized spacial score (nSPS) is 14.4. The smallest absolute Gasteiger partial charge is 0.407 e. The summed E-state index contributed by atoms with van der Waals surface area (Å²) in [5.41, 5.74) is 0. The minimum atomic E-state index is -0.911. The van der Waals surface area contributed by atoms with Crippen molar-refractivity contribution in [2.45, 2.75) is 26.3 Å². The molecule has 2 N–H and O–H groups in total. The minimum Gasteiger partial charge on any atom is -0.481 e. The maximum absolute atomic E-state index is 10.7. The van der Waals surface area contributed by atoms with E-state index in [0.29, 0.717) is 6.42 Å². The Kier molecular flexibility index (Phi) is 4.87. The first-order valence-corrected chi connectivity index (χ1v) is 4.10. The standard InChI is InChI=1S/C8H15NO4/c1-4-6(7(10)11)5(2)9-8(12)13-3/h5-6H,4H2,1-3H3,(H,9,12)(H,10,11). The molecule has 1 amide bonds. The van der Waals surface area contributed by atoms with Crippen molar-refractivity contribution in [3.05, 3.63) is 0 Å². The van der Waals surface area contributed by atoms with Crippen LogP contribution in [0.3, 0.4) is 0 Å². The fourth-order valence-electron chi connectivity index (χ4n) is 1.09. The van der Waals surface area contributed by atoms with Crippen LogP contribution in [0.4, 0.5) is 4.79 Å². The van der Waals surface area contributed by atoms with Crippen LogP contribution < -0.4 is 5.32 Å². The Labute approximate surface area is 77.1 Å².